The summed E-state index contributed by atoms with van der Waals surface area (Å²) in [6.07, 6.45) is -4.42. The third-order valence-corrected chi connectivity index (χ3v) is 6.45. The maximum atomic E-state index is 13.1. The number of rotatable bonds is 4. The third-order valence-electron chi connectivity index (χ3n) is 4.53. The van der Waals surface area contributed by atoms with E-state index in [9.17, 15) is 21.6 Å². The Morgan fingerprint density at radius 3 is 2.52 bits per heavy atom. The van der Waals surface area contributed by atoms with Gasteiger partial charge in [-0.05, 0) is 26.0 Å². The third kappa shape index (κ3) is 4.02. The Labute approximate surface area is 155 Å². The molecule has 0 aliphatic carbocycles. The maximum Gasteiger partial charge on any atom is 0.408 e. The van der Waals surface area contributed by atoms with Gasteiger partial charge in [-0.1, -0.05) is 18.2 Å². The zero-order valence-electron chi connectivity index (χ0n) is 14.9. The van der Waals surface area contributed by atoms with Crippen molar-refractivity contribution in [1.82, 2.24) is 14.1 Å². The molecule has 148 valence electrons. The highest BCUT2D eigenvalue weighted by Gasteiger charge is 2.38. The number of hydrogen-bond donors (Lipinski definition) is 0. The number of benzene rings is 1. The summed E-state index contributed by atoms with van der Waals surface area (Å²) < 4.78 is 72.2. The highest BCUT2D eigenvalue weighted by atomic mass is 32.2. The van der Waals surface area contributed by atoms with Gasteiger partial charge in [0.15, 0.2) is 0 Å². The molecule has 0 amide bonds. The van der Waals surface area contributed by atoms with Crippen LogP contribution in [0, 0.1) is 13.8 Å². The molecule has 1 atom stereocenters. The minimum atomic E-state index is -4.42. The lowest BCUT2D eigenvalue weighted by Gasteiger charge is -2.35. The fourth-order valence-corrected chi connectivity index (χ4v) is 4.94. The second-order valence-corrected chi connectivity index (χ2v) is 8.27. The van der Waals surface area contributed by atoms with Crippen LogP contribution in [0.25, 0.3) is 0 Å². The van der Waals surface area contributed by atoms with Crippen LogP contribution in [0.5, 0.6) is 0 Å². The van der Waals surface area contributed by atoms with Crippen LogP contribution in [0.3, 0.4) is 0 Å². The van der Waals surface area contributed by atoms with E-state index in [0.29, 0.717) is 11.3 Å². The Hall–Kier alpha value is -1.91. The van der Waals surface area contributed by atoms with Gasteiger partial charge >= 0.3 is 6.18 Å². The summed E-state index contributed by atoms with van der Waals surface area (Å²) in [5.41, 5.74) is 1.10. The van der Waals surface area contributed by atoms with E-state index >= 15 is 0 Å². The van der Waals surface area contributed by atoms with E-state index in [0.717, 1.165) is 4.68 Å². The molecule has 0 saturated carbocycles. The quantitative estimate of drug-likeness (QED) is 0.788. The molecular formula is C17H20F3N3O3S. The van der Waals surface area contributed by atoms with Crippen LogP contribution in [0.1, 0.15) is 23.0 Å². The summed E-state index contributed by atoms with van der Waals surface area (Å²) in [6, 6.07) is 7.22. The maximum absolute atomic E-state index is 13.1. The number of aryl methyl sites for hydroxylation is 1. The van der Waals surface area contributed by atoms with Crippen molar-refractivity contribution >= 4 is 10.0 Å². The number of halogens is 3. The van der Waals surface area contributed by atoms with E-state index in [1.165, 1.54) is 23.4 Å². The van der Waals surface area contributed by atoms with Crippen molar-refractivity contribution in [2.24, 2.45) is 0 Å². The first-order valence-electron chi connectivity index (χ1n) is 8.36. The molecule has 27 heavy (non-hydrogen) atoms. The summed E-state index contributed by atoms with van der Waals surface area (Å²) in [5, 5.41) is 3.98. The van der Waals surface area contributed by atoms with Gasteiger partial charge < -0.3 is 4.74 Å². The fraction of sp³-hybridized carbons (Fsp3) is 0.471. The molecule has 0 N–H and O–H groups in total. The Bertz CT molecular complexity index is 911. The number of aromatic nitrogens is 2. The van der Waals surface area contributed by atoms with Crippen LogP contribution in [0.2, 0.25) is 0 Å². The van der Waals surface area contributed by atoms with Crippen LogP contribution in [-0.2, 0) is 21.3 Å². The van der Waals surface area contributed by atoms with E-state index in [2.05, 4.69) is 5.10 Å². The SMILES string of the molecule is Cc1nn(CC(F)(F)F)c(C)c1[C@@H]1COCCN1S(=O)(=O)c1ccccc1. The van der Waals surface area contributed by atoms with Gasteiger partial charge in [0, 0.05) is 17.8 Å². The van der Waals surface area contributed by atoms with Crippen LogP contribution in [-0.4, -0.2) is 48.4 Å². The van der Waals surface area contributed by atoms with Crippen molar-refractivity contribution < 1.29 is 26.3 Å². The van der Waals surface area contributed by atoms with Crippen molar-refractivity contribution in [2.75, 3.05) is 19.8 Å². The predicted octanol–water partition coefficient (Wildman–Crippen LogP) is 2.82. The summed E-state index contributed by atoms with van der Waals surface area (Å²) in [7, 11) is -3.82. The molecule has 0 unspecified atom stereocenters. The average molecular weight is 403 g/mol. The fourth-order valence-electron chi connectivity index (χ4n) is 3.35. The van der Waals surface area contributed by atoms with Gasteiger partial charge in [-0.15, -0.1) is 0 Å². The van der Waals surface area contributed by atoms with Crippen LogP contribution in [0.4, 0.5) is 13.2 Å². The molecule has 2 heterocycles. The standard InChI is InChI=1S/C17H20F3N3O3S/c1-12-16(13(2)22(21-12)11-17(18,19)20)15-10-26-9-8-23(15)27(24,25)14-6-4-3-5-7-14/h3-7,15H,8-11H2,1-2H3/t15-/m0/s1. The second kappa shape index (κ2) is 7.25. The number of alkyl halides is 3. The molecule has 0 radical (unpaired) electrons. The van der Waals surface area contributed by atoms with Crippen molar-refractivity contribution in [1.29, 1.82) is 0 Å². The Balaban J connectivity index is 2.02. The molecule has 1 aliphatic heterocycles. The lowest BCUT2D eigenvalue weighted by Crippen LogP contribution is -2.43. The van der Waals surface area contributed by atoms with E-state index < -0.39 is 28.8 Å². The number of hydrogen-bond acceptors (Lipinski definition) is 4. The van der Waals surface area contributed by atoms with Gasteiger partial charge in [0.05, 0.1) is 29.8 Å². The summed E-state index contributed by atoms with van der Waals surface area (Å²) in [5.74, 6) is 0. The van der Waals surface area contributed by atoms with Crippen molar-refractivity contribution in [3.63, 3.8) is 0 Å². The molecule has 6 nitrogen and oxygen atoms in total. The largest absolute Gasteiger partial charge is 0.408 e. The van der Waals surface area contributed by atoms with E-state index in [1.54, 1.807) is 25.1 Å². The summed E-state index contributed by atoms with van der Waals surface area (Å²) in [4.78, 5) is 0.134. The second-order valence-electron chi connectivity index (χ2n) is 6.38. The zero-order valence-corrected chi connectivity index (χ0v) is 15.7. The van der Waals surface area contributed by atoms with Crippen molar-refractivity contribution in [3.05, 3.63) is 47.3 Å². The summed E-state index contributed by atoms with van der Waals surface area (Å²) in [6.45, 7) is 2.27. The molecule has 10 heteroatoms. The monoisotopic (exact) mass is 403 g/mol. The van der Waals surface area contributed by atoms with Gasteiger partial charge in [0.1, 0.15) is 6.54 Å². The smallest absolute Gasteiger partial charge is 0.378 e. The summed E-state index contributed by atoms with van der Waals surface area (Å²) >= 11 is 0. The number of nitrogens with zero attached hydrogens (tertiary/aromatic N) is 3. The molecule has 1 aromatic heterocycles. The van der Waals surface area contributed by atoms with Gasteiger partial charge in [-0.3, -0.25) is 4.68 Å². The topological polar surface area (TPSA) is 64.4 Å². The Kier molecular flexibility index (Phi) is 5.33. The lowest BCUT2D eigenvalue weighted by atomic mass is 10.0. The van der Waals surface area contributed by atoms with Gasteiger partial charge in [-0.2, -0.15) is 22.6 Å². The highest BCUT2D eigenvalue weighted by molar-refractivity contribution is 7.89. The van der Waals surface area contributed by atoms with E-state index in [-0.39, 0.29) is 30.3 Å². The van der Waals surface area contributed by atoms with Crippen molar-refractivity contribution in [3.8, 4) is 0 Å². The molecule has 1 aliphatic rings. The van der Waals surface area contributed by atoms with E-state index in [1.807, 2.05) is 0 Å². The average Bonchev–Trinajstić information content (AvgIpc) is 2.87. The molecule has 1 aromatic carbocycles. The minimum Gasteiger partial charge on any atom is -0.378 e. The number of sulfonamides is 1. The molecular weight excluding hydrogens is 383 g/mol. The first-order valence-corrected chi connectivity index (χ1v) is 9.80. The van der Waals surface area contributed by atoms with Gasteiger partial charge in [0.25, 0.3) is 0 Å². The van der Waals surface area contributed by atoms with Gasteiger partial charge in [0.2, 0.25) is 10.0 Å². The molecule has 0 bridgehead atoms. The van der Waals surface area contributed by atoms with Crippen LogP contribution < -0.4 is 0 Å². The number of ether oxygens (including phenoxy) is 1. The predicted molar refractivity (Wildman–Crippen MR) is 91.6 cm³/mol. The lowest BCUT2D eigenvalue weighted by molar-refractivity contribution is -0.143. The molecule has 3 rings (SSSR count). The first kappa shape index (κ1) is 19.8. The minimum absolute atomic E-state index is 0.0610. The number of morpholine rings is 1. The molecule has 1 saturated heterocycles. The van der Waals surface area contributed by atoms with Gasteiger partial charge in [-0.25, -0.2) is 8.42 Å². The van der Waals surface area contributed by atoms with Crippen molar-refractivity contribution in [2.45, 2.75) is 37.5 Å². The van der Waals surface area contributed by atoms with Crippen LogP contribution in [0.15, 0.2) is 35.2 Å². The molecule has 2 aromatic rings. The van der Waals surface area contributed by atoms with Crippen LogP contribution >= 0.6 is 0 Å². The normalized spacial score (nSPS) is 19.4. The first-order chi connectivity index (χ1) is 12.6. The zero-order chi connectivity index (χ0) is 19.8. The Morgan fingerprint density at radius 2 is 1.89 bits per heavy atom. The molecule has 0 spiro atoms. The Morgan fingerprint density at radius 1 is 1.22 bits per heavy atom. The van der Waals surface area contributed by atoms with E-state index in [4.69, 9.17) is 4.74 Å². The highest BCUT2D eigenvalue weighted by Crippen LogP contribution is 2.34. The molecule has 1 fully saturated rings.